The molecule has 0 bridgehead atoms. The first kappa shape index (κ1) is 13.6. The predicted octanol–water partition coefficient (Wildman–Crippen LogP) is 3.29. The van der Waals surface area contributed by atoms with Crippen molar-refractivity contribution < 1.29 is 5.11 Å². The predicted molar refractivity (Wildman–Crippen MR) is 75.6 cm³/mol. The van der Waals surface area contributed by atoms with Crippen LogP contribution in [0.2, 0.25) is 0 Å². The van der Waals surface area contributed by atoms with Crippen molar-refractivity contribution in [1.82, 2.24) is 4.90 Å². The molecule has 1 N–H and O–H groups in total. The van der Waals surface area contributed by atoms with E-state index in [-0.39, 0.29) is 11.6 Å². The summed E-state index contributed by atoms with van der Waals surface area (Å²) in [6, 6.07) is 8.31. The maximum absolute atomic E-state index is 10.8. The van der Waals surface area contributed by atoms with Crippen LogP contribution in [-0.2, 0) is 0 Å². The summed E-state index contributed by atoms with van der Waals surface area (Å²) in [5.41, 5.74) is 2.22. The maximum Gasteiger partial charge on any atom is 0.0973 e. The molecule has 1 unspecified atom stereocenters. The summed E-state index contributed by atoms with van der Waals surface area (Å²) in [7, 11) is 4.20. The molecule has 0 saturated heterocycles. The molecule has 0 amide bonds. The number of rotatable bonds is 3. The summed E-state index contributed by atoms with van der Waals surface area (Å²) in [5, 5.41) is 10.8. The van der Waals surface area contributed by atoms with Crippen molar-refractivity contribution in [1.29, 1.82) is 0 Å². The van der Waals surface area contributed by atoms with E-state index in [1.54, 1.807) is 0 Å². The lowest BCUT2D eigenvalue weighted by Crippen LogP contribution is -2.50. The Balaban J connectivity index is 2.27. The third-order valence-electron chi connectivity index (χ3n) is 4.51. The van der Waals surface area contributed by atoms with Gasteiger partial charge in [0, 0.05) is 0 Å². The molecule has 18 heavy (non-hydrogen) atoms. The Morgan fingerprint density at radius 2 is 1.61 bits per heavy atom. The molecular weight excluding hydrogens is 222 g/mol. The Morgan fingerprint density at radius 1 is 1.06 bits per heavy atom. The van der Waals surface area contributed by atoms with Gasteiger partial charge in [-0.15, -0.1) is 0 Å². The zero-order chi connectivity index (χ0) is 13.2. The highest BCUT2D eigenvalue weighted by molar-refractivity contribution is 5.26. The number of nitrogens with zero attached hydrogens (tertiary/aromatic N) is 1. The fourth-order valence-electron chi connectivity index (χ4n) is 3.19. The fourth-order valence-corrected chi connectivity index (χ4v) is 3.19. The molecule has 100 valence electrons. The molecule has 0 aromatic heterocycles. The van der Waals surface area contributed by atoms with E-state index in [1.165, 1.54) is 24.8 Å². The normalized spacial score (nSPS) is 20.9. The first-order valence-corrected chi connectivity index (χ1v) is 6.98. The second-order valence-electron chi connectivity index (χ2n) is 5.87. The van der Waals surface area contributed by atoms with E-state index < -0.39 is 0 Å². The Hall–Kier alpha value is -0.860. The molecule has 0 aliphatic heterocycles. The molecule has 2 rings (SSSR count). The van der Waals surface area contributed by atoms with Gasteiger partial charge in [-0.05, 0) is 39.4 Å². The molecule has 0 spiro atoms. The zero-order valence-electron chi connectivity index (χ0n) is 11.8. The number of aliphatic hydroxyl groups is 1. The van der Waals surface area contributed by atoms with Gasteiger partial charge in [-0.3, -0.25) is 0 Å². The van der Waals surface area contributed by atoms with Crippen LogP contribution in [0.5, 0.6) is 0 Å². The largest absolute Gasteiger partial charge is 0.386 e. The molecule has 1 aliphatic carbocycles. The van der Waals surface area contributed by atoms with E-state index in [9.17, 15) is 5.11 Å². The summed E-state index contributed by atoms with van der Waals surface area (Å²) in [4.78, 5) is 2.23. The minimum Gasteiger partial charge on any atom is -0.386 e. The van der Waals surface area contributed by atoms with E-state index in [2.05, 4.69) is 50.2 Å². The SMILES string of the molecule is Cc1ccc(C(O)C2(N(C)C)CCCCC2)cc1. The molecule has 1 aliphatic rings. The van der Waals surface area contributed by atoms with E-state index in [0.717, 1.165) is 18.4 Å². The molecule has 1 fully saturated rings. The van der Waals surface area contributed by atoms with Gasteiger partial charge in [0.25, 0.3) is 0 Å². The lowest BCUT2D eigenvalue weighted by molar-refractivity contribution is -0.0336. The van der Waals surface area contributed by atoms with Crippen LogP contribution in [0.3, 0.4) is 0 Å². The van der Waals surface area contributed by atoms with Crippen molar-refractivity contribution in [2.75, 3.05) is 14.1 Å². The van der Waals surface area contributed by atoms with E-state index in [0.29, 0.717) is 0 Å². The van der Waals surface area contributed by atoms with Crippen LogP contribution in [0, 0.1) is 6.92 Å². The molecule has 2 nitrogen and oxygen atoms in total. The Kier molecular flexibility index (Phi) is 4.08. The summed E-state index contributed by atoms with van der Waals surface area (Å²) in [5.74, 6) is 0. The van der Waals surface area contributed by atoms with Crippen LogP contribution >= 0.6 is 0 Å². The first-order chi connectivity index (χ1) is 8.56. The van der Waals surface area contributed by atoms with E-state index >= 15 is 0 Å². The van der Waals surface area contributed by atoms with Gasteiger partial charge in [0.05, 0.1) is 11.6 Å². The third kappa shape index (κ3) is 2.45. The van der Waals surface area contributed by atoms with Crippen molar-refractivity contribution in [3.63, 3.8) is 0 Å². The second kappa shape index (κ2) is 5.41. The average Bonchev–Trinajstić information content (AvgIpc) is 2.39. The van der Waals surface area contributed by atoms with Crippen LogP contribution in [0.4, 0.5) is 0 Å². The molecule has 0 heterocycles. The van der Waals surface area contributed by atoms with Crippen molar-refractivity contribution in [2.45, 2.75) is 50.7 Å². The number of hydrogen-bond acceptors (Lipinski definition) is 2. The van der Waals surface area contributed by atoms with Crippen LogP contribution in [0.1, 0.15) is 49.3 Å². The van der Waals surface area contributed by atoms with Crippen LogP contribution in [-0.4, -0.2) is 29.6 Å². The number of hydrogen-bond donors (Lipinski definition) is 1. The number of aliphatic hydroxyl groups excluding tert-OH is 1. The van der Waals surface area contributed by atoms with Crippen molar-refractivity contribution >= 4 is 0 Å². The highest BCUT2D eigenvalue weighted by atomic mass is 16.3. The van der Waals surface area contributed by atoms with Crippen LogP contribution in [0.15, 0.2) is 24.3 Å². The van der Waals surface area contributed by atoms with Gasteiger partial charge in [0.2, 0.25) is 0 Å². The Bertz CT molecular complexity index is 377. The minimum absolute atomic E-state index is 0.0759. The number of likely N-dealkylation sites (N-methyl/N-ethyl adjacent to an activating group) is 1. The Labute approximate surface area is 111 Å². The van der Waals surface area contributed by atoms with Crippen molar-refractivity contribution in [3.8, 4) is 0 Å². The molecular formula is C16H25NO. The highest BCUT2D eigenvalue weighted by Crippen LogP contribution is 2.41. The topological polar surface area (TPSA) is 23.5 Å². The highest BCUT2D eigenvalue weighted by Gasteiger charge is 2.41. The van der Waals surface area contributed by atoms with Crippen molar-refractivity contribution in [2.24, 2.45) is 0 Å². The van der Waals surface area contributed by atoms with Gasteiger partial charge in [0.15, 0.2) is 0 Å². The molecule has 1 atom stereocenters. The van der Waals surface area contributed by atoms with Gasteiger partial charge in [-0.2, -0.15) is 0 Å². The van der Waals surface area contributed by atoms with Gasteiger partial charge < -0.3 is 10.0 Å². The second-order valence-corrected chi connectivity index (χ2v) is 5.87. The molecule has 0 radical (unpaired) electrons. The third-order valence-corrected chi connectivity index (χ3v) is 4.51. The quantitative estimate of drug-likeness (QED) is 0.886. The fraction of sp³-hybridized carbons (Fsp3) is 0.625. The van der Waals surface area contributed by atoms with E-state index in [4.69, 9.17) is 0 Å². The zero-order valence-corrected chi connectivity index (χ0v) is 11.8. The summed E-state index contributed by atoms with van der Waals surface area (Å²) in [6.07, 6.45) is 5.55. The van der Waals surface area contributed by atoms with Crippen LogP contribution in [0.25, 0.3) is 0 Å². The van der Waals surface area contributed by atoms with Gasteiger partial charge in [-0.25, -0.2) is 0 Å². The molecule has 2 heteroatoms. The van der Waals surface area contributed by atoms with Crippen LogP contribution < -0.4 is 0 Å². The maximum atomic E-state index is 10.8. The lowest BCUT2D eigenvalue weighted by atomic mass is 9.74. The average molecular weight is 247 g/mol. The molecule has 1 saturated carbocycles. The summed E-state index contributed by atoms with van der Waals surface area (Å²) < 4.78 is 0. The first-order valence-electron chi connectivity index (χ1n) is 6.98. The van der Waals surface area contributed by atoms with Gasteiger partial charge in [0.1, 0.15) is 0 Å². The lowest BCUT2D eigenvalue weighted by Gasteiger charge is -2.46. The summed E-state index contributed by atoms with van der Waals surface area (Å²) >= 11 is 0. The molecule has 1 aromatic rings. The summed E-state index contributed by atoms with van der Waals surface area (Å²) in [6.45, 7) is 2.08. The van der Waals surface area contributed by atoms with Crippen molar-refractivity contribution in [3.05, 3.63) is 35.4 Å². The monoisotopic (exact) mass is 247 g/mol. The molecule has 1 aromatic carbocycles. The number of aryl methyl sites for hydroxylation is 1. The standard InChI is InChI=1S/C16H25NO/c1-13-7-9-14(10-8-13)15(18)16(17(2)3)11-5-4-6-12-16/h7-10,15,18H,4-6,11-12H2,1-3H3. The van der Waals surface area contributed by atoms with Gasteiger partial charge in [-0.1, -0.05) is 49.1 Å². The number of benzene rings is 1. The van der Waals surface area contributed by atoms with E-state index in [1.807, 2.05) is 0 Å². The smallest absolute Gasteiger partial charge is 0.0973 e. The minimum atomic E-state index is -0.381. The van der Waals surface area contributed by atoms with Gasteiger partial charge >= 0.3 is 0 Å². The Morgan fingerprint density at radius 3 is 2.11 bits per heavy atom.